The summed E-state index contributed by atoms with van der Waals surface area (Å²) in [6.45, 7) is 2.09. The van der Waals surface area contributed by atoms with E-state index in [0.717, 1.165) is 24.1 Å². The molecular formula is C20H20FN3. The van der Waals surface area contributed by atoms with Gasteiger partial charge in [-0.05, 0) is 49.1 Å². The lowest BCUT2D eigenvalue weighted by molar-refractivity contribution is 0.627. The van der Waals surface area contributed by atoms with Crippen LogP contribution in [0, 0.1) is 5.82 Å². The van der Waals surface area contributed by atoms with Crippen LogP contribution in [0.3, 0.4) is 0 Å². The Hall–Kier alpha value is -2.75. The molecule has 0 saturated carbocycles. The Labute approximate surface area is 141 Å². The lowest BCUT2D eigenvalue weighted by Crippen LogP contribution is -2.10. The van der Waals surface area contributed by atoms with Gasteiger partial charge in [-0.15, -0.1) is 0 Å². The van der Waals surface area contributed by atoms with Crippen LogP contribution >= 0.6 is 0 Å². The first-order chi connectivity index (χ1) is 11.7. The topological polar surface area (TPSA) is 37.8 Å². The Kier molecular flexibility index (Phi) is 5.16. The molecule has 0 fully saturated rings. The third kappa shape index (κ3) is 4.38. The molecule has 2 aromatic carbocycles. The fraction of sp³-hybridized carbons (Fsp3) is 0.200. The van der Waals surface area contributed by atoms with E-state index >= 15 is 0 Å². The van der Waals surface area contributed by atoms with Gasteiger partial charge in [0, 0.05) is 11.9 Å². The van der Waals surface area contributed by atoms with E-state index in [1.165, 1.54) is 17.7 Å². The summed E-state index contributed by atoms with van der Waals surface area (Å²) in [6, 6.07) is 18.9. The molecule has 0 bridgehead atoms. The number of anilines is 1. The number of benzene rings is 2. The van der Waals surface area contributed by atoms with Crippen LogP contribution in [0.5, 0.6) is 0 Å². The van der Waals surface area contributed by atoms with Crippen molar-refractivity contribution in [2.45, 2.75) is 25.8 Å². The highest BCUT2D eigenvalue weighted by Crippen LogP contribution is 2.16. The van der Waals surface area contributed by atoms with Gasteiger partial charge in [-0.1, -0.05) is 42.5 Å². The first-order valence-corrected chi connectivity index (χ1v) is 8.08. The fourth-order valence-corrected chi connectivity index (χ4v) is 2.55. The highest BCUT2D eigenvalue weighted by atomic mass is 19.1. The monoisotopic (exact) mass is 321 g/mol. The molecule has 0 amide bonds. The van der Waals surface area contributed by atoms with Gasteiger partial charge in [0.2, 0.25) is 5.95 Å². The van der Waals surface area contributed by atoms with Crippen molar-refractivity contribution in [2.75, 3.05) is 5.32 Å². The fourth-order valence-electron chi connectivity index (χ4n) is 2.55. The number of nitrogens with one attached hydrogen (secondary N) is 1. The molecule has 0 unspecified atom stereocenters. The minimum atomic E-state index is -0.206. The number of halogens is 1. The summed E-state index contributed by atoms with van der Waals surface area (Å²) < 4.78 is 12.9. The van der Waals surface area contributed by atoms with Crippen molar-refractivity contribution in [1.82, 2.24) is 9.97 Å². The molecule has 3 rings (SSSR count). The van der Waals surface area contributed by atoms with E-state index in [1.807, 2.05) is 36.4 Å². The van der Waals surface area contributed by atoms with Crippen molar-refractivity contribution < 1.29 is 4.39 Å². The Morgan fingerprint density at radius 1 is 0.958 bits per heavy atom. The van der Waals surface area contributed by atoms with Crippen LogP contribution in [0.2, 0.25) is 0 Å². The zero-order chi connectivity index (χ0) is 16.8. The largest absolute Gasteiger partial charge is 0.348 e. The Morgan fingerprint density at radius 3 is 2.46 bits per heavy atom. The van der Waals surface area contributed by atoms with Crippen molar-refractivity contribution >= 4 is 5.95 Å². The number of aryl methyl sites for hydroxylation is 2. The predicted octanol–water partition coefficient (Wildman–Crippen LogP) is 4.57. The third-order valence-corrected chi connectivity index (χ3v) is 3.94. The molecule has 0 radical (unpaired) electrons. The molecule has 1 atom stereocenters. The van der Waals surface area contributed by atoms with E-state index in [1.54, 1.807) is 6.20 Å². The van der Waals surface area contributed by atoms with Crippen molar-refractivity contribution in [3.63, 3.8) is 0 Å². The lowest BCUT2D eigenvalue weighted by atomic mass is 10.1. The van der Waals surface area contributed by atoms with Crippen LogP contribution in [0.15, 0.2) is 66.9 Å². The standard InChI is InChI=1S/C20H20FN3/c1-15(17-5-3-2-4-6-17)23-20-22-14-13-19(24-20)12-9-16-7-10-18(21)11-8-16/h2-8,10-11,13-15H,9,12H2,1H3,(H,22,23,24)/t15-/m0/s1. The zero-order valence-corrected chi connectivity index (χ0v) is 13.6. The third-order valence-electron chi connectivity index (χ3n) is 3.94. The lowest BCUT2D eigenvalue weighted by Gasteiger charge is -2.14. The number of hydrogen-bond donors (Lipinski definition) is 1. The van der Waals surface area contributed by atoms with Crippen LogP contribution in [0.4, 0.5) is 10.3 Å². The van der Waals surface area contributed by atoms with Crippen LogP contribution in [-0.4, -0.2) is 9.97 Å². The molecule has 0 saturated heterocycles. The molecular weight excluding hydrogens is 301 g/mol. The molecule has 24 heavy (non-hydrogen) atoms. The van der Waals surface area contributed by atoms with E-state index < -0.39 is 0 Å². The van der Waals surface area contributed by atoms with Gasteiger partial charge in [0.15, 0.2) is 0 Å². The van der Waals surface area contributed by atoms with Crippen molar-refractivity contribution in [3.8, 4) is 0 Å². The summed E-state index contributed by atoms with van der Waals surface area (Å²) in [5.74, 6) is 0.421. The number of rotatable bonds is 6. The normalized spacial score (nSPS) is 11.9. The first-order valence-electron chi connectivity index (χ1n) is 8.08. The van der Waals surface area contributed by atoms with Crippen LogP contribution in [0.25, 0.3) is 0 Å². The Balaban J connectivity index is 1.62. The molecule has 3 nitrogen and oxygen atoms in total. The summed E-state index contributed by atoms with van der Waals surface area (Å²) in [6.07, 6.45) is 3.39. The van der Waals surface area contributed by atoms with E-state index in [0.29, 0.717) is 5.95 Å². The zero-order valence-electron chi connectivity index (χ0n) is 13.6. The number of aromatic nitrogens is 2. The Morgan fingerprint density at radius 2 is 1.71 bits per heavy atom. The van der Waals surface area contributed by atoms with Crippen molar-refractivity contribution in [2.24, 2.45) is 0 Å². The SMILES string of the molecule is C[C@H](Nc1nccc(CCc2ccc(F)cc2)n1)c1ccccc1. The highest BCUT2D eigenvalue weighted by Gasteiger charge is 2.07. The second-order valence-corrected chi connectivity index (χ2v) is 5.77. The van der Waals surface area contributed by atoms with Gasteiger partial charge in [-0.2, -0.15) is 0 Å². The molecule has 0 aliphatic rings. The maximum Gasteiger partial charge on any atom is 0.223 e. The molecule has 0 aliphatic carbocycles. The molecule has 1 N–H and O–H groups in total. The van der Waals surface area contributed by atoms with Gasteiger partial charge >= 0.3 is 0 Å². The van der Waals surface area contributed by atoms with E-state index in [4.69, 9.17) is 0 Å². The molecule has 4 heteroatoms. The minimum absolute atomic E-state index is 0.138. The number of nitrogens with zero attached hydrogens (tertiary/aromatic N) is 2. The van der Waals surface area contributed by atoms with Gasteiger partial charge in [-0.3, -0.25) is 0 Å². The van der Waals surface area contributed by atoms with Crippen molar-refractivity contribution in [3.05, 3.63) is 89.5 Å². The molecule has 1 heterocycles. The second kappa shape index (κ2) is 7.68. The van der Waals surface area contributed by atoms with Crippen LogP contribution < -0.4 is 5.32 Å². The highest BCUT2D eigenvalue weighted by molar-refractivity contribution is 5.32. The van der Waals surface area contributed by atoms with Crippen molar-refractivity contribution in [1.29, 1.82) is 0 Å². The van der Waals surface area contributed by atoms with Gasteiger partial charge in [0.1, 0.15) is 5.82 Å². The number of hydrogen-bond acceptors (Lipinski definition) is 3. The van der Waals surface area contributed by atoms with Gasteiger partial charge < -0.3 is 5.32 Å². The summed E-state index contributed by atoms with van der Waals surface area (Å²) in [7, 11) is 0. The van der Waals surface area contributed by atoms with E-state index in [2.05, 4.69) is 34.3 Å². The van der Waals surface area contributed by atoms with Gasteiger partial charge in [-0.25, -0.2) is 14.4 Å². The Bertz CT molecular complexity index is 772. The average molecular weight is 321 g/mol. The maximum absolute atomic E-state index is 12.9. The average Bonchev–Trinajstić information content (AvgIpc) is 2.62. The van der Waals surface area contributed by atoms with Crippen LogP contribution in [-0.2, 0) is 12.8 Å². The second-order valence-electron chi connectivity index (χ2n) is 5.77. The summed E-state index contributed by atoms with van der Waals surface area (Å²) in [5, 5.41) is 3.33. The molecule has 3 aromatic rings. The predicted molar refractivity (Wildman–Crippen MR) is 94.3 cm³/mol. The molecule has 1 aromatic heterocycles. The summed E-state index contributed by atoms with van der Waals surface area (Å²) >= 11 is 0. The van der Waals surface area contributed by atoms with E-state index in [9.17, 15) is 4.39 Å². The molecule has 122 valence electrons. The smallest absolute Gasteiger partial charge is 0.223 e. The van der Waals surface area contributed by atoms with Gasteiger partial charge in [0.25, 0.3) is 0 Å². The maximum atomic E-state index is 12.9. The first kappa shape index (κ1) is 16.1. The van der Waals surface area contributed by atoms with E-state index in [-0.39, 0.29) is 11.9 Å². The minimum Gasteiger partial charge on any atom is -0.348 e. The van der Waals surface area contributed by atoms with Gasteiger partial charge in [0.05, 0.1) is 6.04 Å². The summed E-state index contributed by atoms with van der Waals surface area (Å²) in [4.78, 5) is 8.87. The summed E-state index contributed by atoms with van der Waals surface area (Å²) in [5.41, 5.74) is 3.26. The molecule has 0 aliphatic heterocycles. The van der Waals surface area contributed by atoms with Crippen LogP contribution in [0.1, 0.15) is 29.8 Å². The quantitative estimate of drug-likeness (QED) is 0.722. The molecule has 0 spiro atoms.